The van der Waals surface area contributed by atoms with E-state index in [1.54, 1.807) is 6.07 Å². The monoisotopic (exact) mass is 212 g/mol. The molecule has 0 saturated carbocycles. The highest BCUT2D eigenvalue weighted by Crippen LogP contribution is 2.10. The predicted octanol–water partition coefficient (Wildman–Crippen LogP) is 1.20. The van der Waals surface area contributed by atoms with Gasteiger partial charge in [0.1, 0.15) is 0 Å². The third kappa shape index (κ3) is 1.69. The molecule has 0 saturated heterocycles. The molecule has 0 radical (unpaired) electrons. The Bertz CT molecular complexity index is 350. The lowest BCUT2D eigenvalue weighted by molar-refractivity contribution is 1.11. The Morgan fingerprint density at radius 2 is 2.45 bits per heavy atom. The Labute approximate surface area is 71.8 Å². The highest BCUT2D eigenvalue weighted by molar-refractivity contribution is 9.10. The number of hydrogen-bond donors (Lipinski definition) is 1. The van der Waals surface area contributed by atoms with E-state index >= 15 is 0 Å². The van der Waals surface area contributed by atoms with E-state index in [1.807, 2.05) is 6.07 Å². The van der Waals surface area contributed by atoms with Crippen molar-refractivity contribution in [1.82, 2.24) is 4.98 Å². The number of aromatic amines is 1. The van der Waals surface area contributed by atoms with Crippen LogP contribution in [0.25, 0.3) is 0 Å². The average molecular weight is 213 g/mol. The molecule has 4 heteroatoms. The summed E-state index contributed by atoms with van der Waals surface area (Å²) in [6.45, 7) is 0. The number of halogens is 1. The second-order valence-electron chi connectivity index (χ2n) is 1.97. The van der Waals surface area contributed by atoms with E-state index in [0.29, 0.717) is 10.0 Å². The molecule has 1 aromatic rings. The van der Waals surface area contributed by atoms with Crippen LogP contribution in [-0.2, 0) is 6.42 Å². The van der Waals surface area contributed by atoms with E-state index in [9.17, 15) is 4.79 Å². The minimum atomic E-state index is -0.207. The second-order valence-corrected chi connectivity index (χ2v) is 2.82. The predicted molar refractivity (Wildman–Crippen MR) is 44.1 cm³/mol. The normalized spacial score (nSPS) is 9.09. The summed E-state index contributed by atoms with van der Waals surface area (Å²) in [5.41, 5.74) is 0.274. The number of nitrogens with one attached hydrogen (secondary N) is 1. The molecule has 1 rings (SSSR count). The molecule has 0 spiro atoms. The zero-order chi connectivity index (χ0) is 8.27. The third-order valence-corrected chi connectivity index (χ3v) is 2.01. The van der Waals surface area contributed by atoms with Gasteiger partial charge in [0, 0.05) is 16.2 Å². The first kappa shape index (κ1) is 8.02. The van der Waals surface area contributed by atoms with Crippen LogP contribution in [0.4, 0.5) is 0 Å². The number of aromatic nitrogens is 1. The van der Waals surface area contributed by atoms with Gasteiger partial charge in [0.15, 0.2) is 0 Å². The van der Waals surface area contributed by atoms with E-state index in [0.717, 1.165) is 0 Å². The summed E-state index contributed by atoms with van der Waals surface area (Å²) in [5.74, 6) is 0. The zero-order valence-corrected chi connectivity index (χ0v) is 7.18. The standard InChI is InChI=1S/C7H5BrN2O/c8-6-2-4-10-7(11)5(6)1-3-9/h2,4H,1H2,(H,10,11). The van der Waals surface area contributed by atoms with Gasteiger partial charge < -0.3 is 4.98 Å². The Balaban J connectivity index is 3.24. The molecule has 0 aliphatic heterocycles. The van der Waals surface area contributed by atoms with Crippen molar-refractivity contribution >= 4 is 15.9 Å². The fourth-order valence-electron chi connectivity index (χ4n) is 0.730. The third-order valence-electron chi connectivity index (χ3n) is 1.26. The van der Waals surface area contributed by atoms with Gasteiger partial charge in [0.2, 0.25) is 0 Å². The van der Waals surface area contributed by atoms with E-state index in [2.05, 4.69) is 20.9 Å². The van der Waals surface area contributed by atoms with E-state index in [4.69, 9.17) is 5.26 Å². The molecular formula is C7H5BrN2O. The molecule has 0 aliphatic rings. The molecule has 0 amide bonds. The second kappa shape index (κ2) is 3.35. The minimum Gasteiger partial charge on any atom is -0.329 e. The Hall–Kier alpha value is -1.08. The minimum absolute atomic E-state index is 0.136. The number of hydrogen-bond acceptors (Lipinski definition) is 2. The molecule has 0 bridgehead atoms. The van der Waals surface area contributed by atoms with Crippen LogP contribution >= 0.6 is 15.9 Å². The first-order valence-electron chi connectivity index (χ1n) is 2.98. The molecule has 0 aliphatic carbocycles. The van der Waals surface area contributed by atoms with Gasteiger partial charge in [-0.15, -0.1) is 0 Å². The topological polar surface area (TPSA) is 56.6 Å². The first-order valence-corrected chi connectivity index (χ1v) is 3.78. The molecule has 1 heterocycles. The highest BCUT2D eigenvalue weighted by Gasteiger charge is 2.01. The Morgan fingerprint density at radius 3 is 3.00 bits per heavy atom. The SMILES string of the molecule is N#CCc1c(Br)cc[nH]c1=O. The molecule has 1 N–H and O–H groups in total. The molecule has 11 heavy (non-hydrogen) atoms. The number of nitriles is 1. The number of rotatable bonds is 1. The molecule has 0 atom stereocenters. The van der Waals surface area contributed by atoms with Crippen molar-refractivity contribution in [2.45, 2.75) is 6.42 Å². The van der Waals surface area contributed by atoms with Crippen molar-refractivity contribution in [2.75, 3.05) is 0 Å². The van der Waals surface area contributed by atoms with Crippen molar-refractivity contribution in [3.8, 4) is 6.07 Å². The summed E-state index contributed by atoms with van der Waals surface area (Å²) in [4.78, 5) is 13.5. The average Bonchev–Trinajstić information content (AvgIpc) is 1.97. The van der Waals surface area contributed by atoms with Crippen LogP contribution in [0.1, 0.15) is 5.56 Å². The molecule has 1 aromatic heterocycles. The summed E-state index contributed by atoms with van der Waals surface area (Å²) >= 11 is 3.18. The summed E-state index contributed by atoms with van der Waals surface area (Å²) < 4.78 is 0.683. The van der Waals surface area contributed by atoms with Crippen molar-refractivity contribution in [3.63, 3.8) is 0 Å². The summed E-state index contributed by atoms with van der Waals surface area (Å²) in [6, 6.07) is 3.62. The van der Waals surface area contributed by atoms with Gasteiger partial charge >= 0.3 is 0 Å². The lowest BCUT2D eigenvalue weighted by Gasteiger charge is -1.94. The molecule has 3 nitrogen and oxygen atoms in total. The molecule has 0 fully saturated rings. The maximum Gasteiger partial charge on any atom is 0.253 e. The van der Waals surface area contributed by atoms with Crippen molar-refractivity contribution in [1.29, 1.82) is 5.26 Å². The highest BCUT2D eigenvalue weighted by atomic mass is 79.9. The van der Waals surface area contributed by atoms with E-state index in [1.165, 1.54) is 6.20 Å². The quantitative estimate of drug-likeness (QED) is 0.761. The van der Waals surface area contributed by atoms with Gasteiger partial charge in [-0.1, -0.05) is 15.9 Å². The lowest BCUT2D eigenvalue weighted by Crippen LogP contribution is -2.11. The Morgan fingerprint density at radius 1 is 1.73 bits per heavy atom. The van der Waals surface area contributed by atoms with E-state index < -0.39 is 0 Å². The fourth-order valence-corrected chi connectivity index (χ4v) is 1.18. The molecule has 0 aromatic carbocycles. The van der Waals surface area contributed by atoms with Crippen LogP contribution in [0.3, 0.4) is 0 Å². The fraction of sp³-hybridized carbons (Fsp3) is 0.143. The van der Waals surface area contributed by atoms with Crippen molar-refractivity contribution in [3.05, 3.63) is 32.7 Å². The van der Waals surface area contributed by atoms with Crippen molar-refractivity contribution < 1.29 is 0 Å². The molecular weight excluding hydrogens is 208 g/mol. The Kier molecular flexibility index (Phi) is 2.44. The largest absolute Gasteiger partial charge is 0.329 e. The van der Waals surface area contributed by atoms with Gasteiger partial charge in [-0.25, -0.2) is 0 Å². The van der Waals surface area contributed by atoms with Gasteiger partial charge in [0.25, 0.3) is 5.56 Å². The summed E-state index contributed by atoms with van der Waals surface area (Å²) in [6.07, 6.45) is 1.67. The van der Waals surface area contributed by atoms with Crippen LogP contribution in [0.2, 0.25) is 0 Å². The van der Waals surface area contributed by atoms with Crippen LogP contribution in [-0.4, -0.2) is 4.98 Å². The first-order chi connectivity index (χ1) is 5.25. The molecule has 56 valence electrons. The summed E-state index contributed by atoms with van der Waals surface area (Å²) in [5, 5.41) is 8.34. The lowest BCUT2D eigenvalue weighted by atomic mass is 10.2. The van der Waals surface area contributed by atoms with Gasteiger partial charge in [0.05, 0.1) is 12.5 Å². The zero-order valence-electron chi connectivity index (χ0n) is 5.60. The molecule has 0 unspecified atom stereocenters. The maximum atomic E-state index is 11.0. The number of H-pyrrole nitrogens is 1. The van der Waals surface area contributed by atoms with Crippen LogP contribution in [0, 0.1) is 11.3 Å². The van der Waals surface area contributed by atoms with Gasteiger partial charge in [-0.2, -0.15) is 5.26 Å². The van der Waals surface area contributed by atoms with Crippen LogP contribution in [0.15, 0.2) is 21.5 Å². The van der Waals surface area contributed by atoms with Crippen LogP contribution in [0.5, 0.6) is 0 Å². The smallest absolute Gasteiger partial charge is 0.253 e. The van der Waals surface area contributed by atoms with Crippen molar-refractivity contribution in [2.24, 2.45) is 0 Å². The van der Waals surface area contributed by atoms with Gasteiger partial charge in [-0.3, -0.25) is 4.79 Å². The van der Waals surface area contributed by atoms with Crippen LogP contribution < -0.4 is 5.56 Å². The summed E-state index contributed by atoms with van der Waals surface area (Å²) in [7, 11) is 0. The number of pyridine rings is 1. The van der Waals surface area contributed by atoms with Gasteiger partial charge in [-0.05, 0) is 6.07 Å². The van der Waals surface area contributed by atoms with E-state index in [-0.39, 0.29) is 12.0 Å². The number of nitrogens with zero attached hydrogens (tertiary/aromatic N) is 1. The maximum absolute atomic E-state index is 11.0.